The number of aromatic nitrogens is 1. The van der Waals surface area contributed by atoms with Crippen molar-refractivity contribution in [2.75, 3.05) is 26.7 Å². The van der Waals surface area contributed by atoms with Gasteiger partial charge in [-0.05, 0) is 44.8 Å². The number of likely N-dealkylation sites (tertiary alicyclic amines) is 1. The number of piperidine rings is 2. The number of sulfonamides is 1. The van der Waals surface area contributed by atoms with E-state index < -0.39 is 10.0 Å². The molecule has 0 spiro atoms. The molecule has 1 aromatic heterocycles. The number of hydrogen-bond acceptors (Lipinski definition) is 4. The number of pyridine rings is 1. The molecule has 21 heavy (non-hydrogen) atoms. The van der Waals surface area contributed by atoms with Crippen LogP contribution in [0.25, 0.3) is 0 Å². The van der Waals surface area contributed by atoms with Gasteiger partial charge in [0.25, 0.3) is 0 Å². The van der Waals surface area contributed by atoms with E-state index in [-0.39, 0.29) is 9.92 Å². The van der Waals surface area contributed by atoms with Crippen molar-refractivity contribution in [3.63, 3.8) is 0 Å². The van der Waals surface area contributed by atoms with Gasteiger partial charge in [-0.1, -0.05) is 11.6 Å². The average molecular weight is 330 g/mol. The maximum absolute atomic E-state index is 12.8. The second-order valence-electron chi connectivity index (χ2n) is 5.91. The van der Waals surface area contributed by atoms with E-state index in [1.165, 1.54) is 18.5 Å². The Balaban J connectivity index is 1.83. The average Bonchev–Trinajstić information content (AvgIpc) is 2.47. The van der Waals surface area contributed by atoms with Crippen LogP contribution in [0.2, 0.25) is 5.02 Å². The normalized spacial score (nSPS) is 28.3. The quantitative estimate of drug-likeness (QED) is 0.831. The lowest BCUT2D eigenvalue weighted by molar-refractivity contribution is 0.0671. The zero-order valence-corrected chi connectivity index (χ0v) is 13.6. The Bertz CT molecular complexity index is 622. The second-order valence-corrected chi connectivity index (χ2v) is 8.22. The van der Waals surface area contributed by atoms with Crippen LogP contribution >= 0.6 is 11.6 Å². The minimum Gasteiger partial charge on any atom is -0.303 e. The van der Waals surface area contributed by atoms with Gasteiger partial charge in [0.2, 0.25) is 10.0 Å². The van der Waals surface area contributed by atoms with Crippen molar-refractivity contribution < 1.29 is 8.42 Å². The molecular weight excluding hydrogens is 310 g/mol. The first-order valence-electron chi connectivity index (χ1n) is 7.30. The highest BCUT2D eigenvalue weighted by molar-refractivity contribution is 7.89. The van der Waals surface area contributed by atoms with Gasteiger partial charge in [-0.3, -0.25) is 4.98 Å². The van der Waals surface area contributed by atoms with E-state index in [0.717, 1.165) is 25.8 Å². The molecule has 5 nitrogen and oxygen atoms in total. The minimum atomic E-state index is -3.54. The van der Waals surface area contributed by atoms with E-state index >= 15 is 0 Å². The summed E-state index contributed by atoms with van der Waals surface area (Å²) in [4.78, 5) is 6.39. The number of rotatable bonds is 2. The van der Waals surface area contributed by atoms with E-state index in [0.29, 0.717) is 25.0 Å². The van der Waals surface area contributed by atoms with Crippen molar-refractivity contribution in [3.8, 4) is 0 Å². The molecule has 2 saturated heterocycles. The molecule has 3 rings (SSSR count). The standard InChI is InChI=1S/C14H20ClN3O2S/c1-17-7-2-3-11-10-18(8-5-13(11)17)21(19,20)14-9-16-6-4-12(14)15/h4,6,9,11,13H,2-3,5,7-8,10H2,1H3. The van der Waals surface area contributed by atoms with E-state index in [1.807, 2.05) is 0 Å². The molecule has 0 N–H and O–H groups in total. The third-order valence-corrected chi connectivity index (χ3v) is 6.99. The van der Waals surface area contributed by atoms with Crippen LogP contribution in [0.15, 0.2) is 23.4 Å². The van der Waals surface area contributed by atoms with Crippen molar-refractivity contribution in [2.24, 2.45) is 5.92 Å². The Morgan fingerprint density at radius 1 is 1.33 bits per heavy atom. The van der Waals surface area contributed by atoms with Gasteiger partial charge >= 0.3 is 0 Å². The van der Waals surface area contributed by atoms with Crippen LogP contribution in [0.4, 0.5) is 0 Å². The van der Waals surface area contributed by atoms with Crippen LogP contribution < -0.4 is 0 Å². The third kappa shape index (κ3) is 2.82. The lowest BCUT2D eigenvalue weighted by Crippen LogP contribution is -2.53. The van der Waals surface area contributed by atoms with Gasteiger partial charge in [0.05, 0.1) is 5.02 Å². The fraction of sp³-hybridized carbons (Fsp3) is 0.643. The van der Waals surface area contributed by atoms with Crippen LogP contribution in [-0.2, 0) is 10.0 Å². The molecule has 0 radical (unpaired) electrons. The Hall–Kier alpha value is -0.690. The Labute approximate surface area is 131 Å². The van der Waals surface area contributed by atoms with Gasteiger partial charge in [0.1, 0.15) is 4.90 Å². The van der Waals surface area contributed by atoms with Crippen molar-refractivity contribution >= 4 is 21.6 Å². The molecule has 2 fully saturated rings. The predicted octanol–water partition coefficient (Wildman–Crippen LogP) is 1.84. The molecule has 0 bridgehead atoms. The van der Waals surface area contributed by atoms with Gasteiger partial charge < -0.3 is 4.90 Å². The summed E-state index contributed by atoms with van der Waals surface area (Å²) in [7, 11) is -1.40. The minimum absolute atomic E-state index is 0.120. The molecule has 2 aliphatic rings. The summed E-state index contributed by atoms with van der Waals surface area (Å²) in [5, 5.41) is 0.243. The van der Waals surface area contributed by atoms with E-state index in [1.54, 1.807) is 4.31 Å². The third-order valence-electron chi connectivity index (χ3n) is 4.66. The molecule has 2 aliphatic heterocycles. The van der Waals surface area contributed by atoms with Crippen molar-refractivity contribution in [1.29, 1.82) is 0 Å². The highest BCUT2D eigenvalue weighted by Crippen LogP contribution is 2.33. The molecule has 7 heteroatoms. The summed E-state index contributed by atoms with van der Waals surface area (Å²) in [6, 6.07) is 2.03. The molecule has 2 atom stereocenters. The number of nitrogens with zero attached hydrogens (tertiary/aromatic N) is 3. The molecule has 3 heterocycles. The number of hydrogen-bond donors (Lipinski definition) is 0. The number of fused-ring (bicyclic) bond motifs is 1. The topological polar surface area (TPSA) is 53.5 Å². The fourth-order valence-electron chi connectivity index (χ4n) is 3.53. The summed E-state index contributed by atoms with van der Waals surface area (Å²) >= 11 is 6.03. The maximum atomic E-state index is 12.8. The van der Waals surface area contributed by atoms with Gasteiger partial charge in [0, 0.05) is 31.5 Å². The zero-order valence-electron chi connectivity index (χ0n) is 12.1. The largest absolute Gasteiger partial charge is 0.303 e. The van der Waals surface area contributed by atoms with Crippen LogP contribution in [0.5, 0.6) is 0 Å². The molecule has 0 amide bonds. The number of halogens is 1. The lowest BCUT2D eigenvalue weighted by Gasteiger charge is -2.45. The second kappa shape index (κ2) is 5.83. The first-order valence-corrected chi connectivity index (χ1v) is 9.12. The Morgan fingerprint density at radius 2 is 2.14 bits per heavy atom. The van der Waals surface area contributed by atoms with Gasteiger partial charge in [-0.2, -0.15) is 4.31 Å². The first kappa shape index (κ1) is 15.2. The summed E-state index contributed by atoms with van der Waals surface area (Å²) in [5.74, 6) is 0.419. The zero-order chi connectivity index (χ0) is 15.0. The van der Waals surface area contributed by atoms with Gasteiger partial charge in [-0.15, -0.1) is 0 Å². The van der Waals surface area contributed by atoms with Crippen molar-refractivity contribution in [2.45, 2.75) is 30.2 Å². The lowest BCUT2D eigenvalue weighted by atomic mass is 9.85. The maximum Gasteiger partial charge on any atom is 0.246 e. The highest BCUT2D eigenvalue weighted by Gasteiger charge is 2.39. The predicted molar refractivity (Wildman–Crippen MR) is 81.8 cm³/mol. The van der Waals surface area contributed by atoms with E-state index in [4.69, 9.17) is 11.6 Å². The molecule has 1 aromatic rings. The van der Waals surface area contributed by atoms with E-state index in [9.17, 15) is 8.42 Å². The summed E-state index contributed by atoms with van der Waals surface area (Å²) in [6.45, 7) is 2.25. The smallest absolute Gasteiger partial charge is 0.246 e. The molecule has 2 unspecified atom stereocenters. The molecule has 0 saturated carbocycles. The van der Waals surface area contributed by atoms with Crippen molar-refractivity contribution in [1.82, 2.24) is 14.2 Å². The monoisotopic (exact) mass is 329 g/mol. The van der Waals surface area contributed by atoms with Crippen LogP contribution in [0.1, 0.15) is 19.3 Å². The van der Waals surface area contributed by atoms with Crippen molar-refractivity contribution in [3.05, 3.63) is 23.5 Å². The van der Waals surface area contributed by atoms with Crippen LogP contribution in [0, 0.1) is 5.92 Å². The SMILES string of the molecule is CN1CCCC2CN(S(=O)(=O)c3cnccc3Cl)CCC21. The molecular formula is C14H20ClN3O2S. The van der Waals surface area contributed by atoms with Gasteiger partial charge in [-0.25, -0.2) is 8.42 Å². The summed E-state index contributed by atoms with van der Waals surface area (Å²) in [6.07, 6.45) is 5.97. The highest BCUT2D eigenvalue weighted by atomic mass is 35.5. The van der Waals surface area contributed by atoms with Crippen LogP contribution in [0.3, 0.4) is 0 Å². The fourth-order valence-corrected chi connectivity index (χ4v) is 5.45. The molecule has 0 aromatic carbocycles. The van der Waals surface area contributed by atoms with Gasteiger partial charge in [0.15, 0.2) is 0 Å². The first-order chi connectivity index (χ1) is 10.00. The molecule has 0 aliphatic carbocycles. The van der Waals surface area contributed by atoms with E-state index in [2.05, 4.69) is 16.9 Å². The Morgan fingerprint density at radius 3 is 2.90 bits per heavy atom. The summed E-state index contributed by atoms with van der Waals surface area (Å²) in [5.41, 5.74) is 0. The molecule has 116 valence electrons. The Kier molecular flexibility index (Phi) is 4.23. The van der Waals surface area contributed by atoms with Crippen LogP contribution in [-0.4, -0.2) is 55.3 Å². The summed E-state index contributed by atoms with van der Waals surface area (Å²) < 4.78 is 27.1.